The van der Waals surface area contributed by atoms with Crippen molar-refractivity contribution in [2.75, 3.05) is 23.3 Å². The van der Waals surface area contributed by atoms with Crippen molar-refractivity contribution in [1.82, 2.24) is 4.98 Å². The molecule has 0 atom stereocenters. The first-order valence-electron chi connectivity index (χ1n) is 9.20. The summed E-state index contributed by atoms with van der Waals surface area (Å²) in [4.78, 5) is 19.4. The van der Waals surface area contributed by atoms with Crippen molar-refractivity contribution >= 4 is 28.1 Å². The molecule has 8 heteroatoms. The van der Waals surface area contributed by atoms with Gasteiger partial charge in [0.15, 0.2) is 5.13 Å². The number of rotatable bonds is 4. The number of anilines is 2. The Kier molecular flexibility index (Phi) is 5.27. The molecule has 29 heavy (non-hydrogen) atoms. The van der Waals surface area contributed by atoms with Crippen LogP contribution < -0.4 is 10.2 Å². The summed E-state index contributed by atoms with van der Waals surface area (Å²) in [5.74, 6) is -0.593. The van der Waals surface area contributed by atoms with Crippen LogP contribution in [-0.4, -0.2) is 24.0 Å². The number of nitrogens with one attached hydrogen (secondary N) is 1. The molecule has 1 aromatic heterocycles. The first-order valence-corrected chi connectivity index (χ1v) is 10.1. The summed E-state index contributed by atoms with van der Waals surface area (Å²) in [5, 5.41) is 5.62. The molecule has 2 aromatic carbocycles. The van der Waals surface area contributed by atoms with Gasteiger partial charge in [0.2, 0.25) is 0 Å². The highest BCUT2D eigenvalue weighted by Crippen LogP contribution is 2.31. The molecule has 0 spiro atoms. The van der Waals surface area contributed by atoms with Crippen LogP contribution in [0.15, 0.2) is 53.9 Å². The van der Waals surface area contributed by atoms with Crippen molar-refractivity contribution in [3.63, 3.8) is 0 Å². The quantitative estimate of drug-likeness (QED) is 0.594. The fourth-order valence-electron chi connectivity index (χ4n) is 3.25. The highest BCUT2D eigenvalue weighted by molar-refractivity contribution is 7.14. The number of hydrogen-bond acceptors (Lipinski definition) is 4. The van der Waals surface area contributed by atoms with Crippen LogP contribution in [0.25, 0.3) is 11.3 Å². The third kappa shape index (κ3) is 4.42. The molecule has 1 fully saturated rings. The van der Waals surface area contributed by atoms with Gasteiger partial charge in [0.05, 0.1) is 11.3 Å². The zero-order valence-corrected chi connectivity index (χ0v) is 16.2. The minimum absolute atomic E-state index is 0.0461. The summed E-state index contributed by atoms with van der Waals surface area (Å²) >= 11 is 1.58. The lowest BCUT2D eigenvalue weighted by Gasteiger charge is -2.12. The molecular formula is C21H18F3N3OS. The average Bonchev–Trinajstić information content (AvgIpc) is 3.39. The van der Waals surface area contributed by atoms with E-state index in [0.29, 0.717) is 5.69 Å². The zero-order chi connectivity index (χ0) is 20.4. The first kappa shape index (κ1) is 19.4. The Bertz CT molecular complexity index is 1030. The molecule has 0 unspecified atom stereocenters. The third-order valence-electron chi connectivity index (χ3n) is 4.74. The van der Waals surface area contributed by atoms with E-state index in [1.165, 1.54) is 25.0 Å². The van der Waals surface area contributed by atoms with Gasteiger partial charge in [-0.15, -0.1) is 11.3 Å². The van der Waals surface area contributed by atoms with Crippen molar-refractivity contribution < 1.29 is 18.0 Å². The zero-order valence-electron chi connectivity index (χ0n) is 15.4. The SMILES string of the molecule is O=C(Nc1cccc(-c2csc(N3CCCC3)n2)c1)c1cccc(C(F)(F)F)c1. The molecule has 2 heterocycles. The topological polar surface area (TPSA) is 45.2 Å². The number of carbonyl (C=O) groups is 1. The number of benzene rings is 2. The summed E-state index contributed by atoms with van der Waals surface area (Å²) in [7, 11) is 0. The Labute approximate surface area is 170 Å². The van der Waals surface area contributed by atoms with Gasteiger partial charge in [0.25, 0.3) is 5.91 Å². The molecule has 1 aliphatic rings. The van der Waals surface area contributed by atoms with E-state index in [1.54, 1.807) is 29.5 Å². The molecule has 0 saturated carbocycles. The molecule has 1 aliphatic heterocycles. The fourth-order valence-corrected chi connectivity index (χ4v) is 4.14. The first-order chi connectivity index (χ1) is 13.9. The third-order valence-corrected chi connectivity index (χ3v) is 5.64. The van der Waals surface area contributed by atoms with Crippen LogP contribution in [0.1, 0.15) is 28.8 Å². The summed E-state index contributed by atoms with van der Waals surface area (Å²) in [6.45, 7) is 2.03. The smallest absolute Gasteiger partial charge is 0.348 e. The van der Waals surface area contributed by atoms with E-state index in [9.17, 15) is 18.0 Å². The number of halogens is 3. The van der Waals surface area contributed by atoms with Crippen LogP contribution in [0.5, 0.6) is 0 Å². The van der Waals surface area contributed by atoms with E-state index in [2.05, 4.69) is 15.2 Å². The number of nitrogens with zero attached hydrogens (tertiary/aromatic N) is 2. The Morgan fingerprint density at radius 3 is 2.59 bits per heavy atom. The summed E-state index contributed by atoms with van der Waals surface area (Å²) in [5.41, 5.74) is 1.26. The molecule has 1 N–H and O–H groups in total. The van der Waals surface area contributed by atoms with Gasteiger partial charge in [-0.2, -0.15) is 13.2 Å². The van der Waals surface area contributed by atoms with E-state index in [4.69, 9.17) is 0 Å². The van der Waals surface area contributed by atoms with Gasteiger partial charge in [-0.25, -0.2) is 4.98 Å². The largest absolute Gasteiger partial charge is 0.416 e. The minimum Gasteiger partial charge on any atom is -0.348 e. The number of thiazole rings is 1. The number of alkyl halides is 3. The van der Waals surface area contributed by atoms with Gasteiger partial charge in [-0.05, 0) is 43.2 Å². The van der Waals surface area contributed by atoms with Gasteiger partial charge in [-0.3, -0.25) is 4.79 Å². The van der Waals surface area contributed by atoms with E-state index in [0.717, 1.165) is 41.6 Å². The second-order valence-corrected chi connectivity index (χ2v) is 7.66. The Balaban J connectivity index is 1.51. The van der Waals surface area contributed by atoms with E-state index in [-0.39, 0.29) is 5.56 Å². The van der Waals surface area contributed by atoms with Crippen LogP contribution in [0.3, 0.4) is 0 Å². The standard InChI is InChI=1S/C21H18F3N3OS/c22-21(23,24)16-7-3-6-15(11-16)19(28)25-17-8-4-5-14(12-17)18-13-29-20(26-18)27-9-1-2-10-27/h3-8,11-13H,1-2,9-10H2,(H,25,28). The lowest BCUT2D eigenvalue weighted by Crippen LogP contribution is -2.17. The number of carbonyl (C=O) groups excluding carboxylic acids is 1. The Hall–Kier alpha value is -2.87. The van der Waals surface area contributed by atoms with Crippen molar-refractivity contribution in [2.24, 2.45) is 0 Å². The second kappa shape index (κ2) is 7.87. The molecule has 1 saturated heterocycles. The molecule has 4 nitrogen and oxygen atoms in total. The molecule has 4 rings (SSSR count). The summed E-state index contributed by atoms with van der Waals surface area (Å²) in [6.07, 6.45) is -2.15. The molecule has 150 valence electrons. The van der Waals surface area contributed by atoms with Crippen molar-refractivity contribution in [2.45, 2.75) is 19.0 Å². The average molecular weight is 417 g/mol. The van der Waals surface area contributed by atoms with Crippen molar-refractivity contribution in [3.05, 3.63) is 65.0 Å². The highest BCUT2D eigenvalue weighted by Gasteiger charge is 2.30. The molecule has 1 amide bonds. The maximum Gasteiger partial charge on any atom is 0.416 e. The lowest BCUT2D eigenvalue weighted by molar-refractivity contribution is -0.137. The van der Waals surface area contributed by atoms with Crippen LogP contribution in [0, 0.1) is 0 Å². The van der Waals surface area contributed by atoms with Crippen LogP contribution >= 0.6 is 11.3 Å². The van der Waals surface area contributed by atoms with Gasteiger partial charge in [-0.1, -0.05) is 18.2 Å². The molecule has 0 radical (unpaired) electrons. The lowest BCUT2D eigenvalue weighted by atomic mass is 10.1. The molecule has 0 bridgehead atoms. The van der Waals surface area contributed by atoms with E-state index < -0.39 is 17.6 Å². The molecule has 3 aromatic rings. The Morgan fingerprint density at radius 1 is 1.07 bits per heavy atom. The maximum absolute atomic E-state index is 12.9. The summed E-state index contributed by atoms with van der Waals surface area (Å²) < 4.78 is 38.6. The number of hydrogen-bond donors (Lipinski definition) is 1. The Morgan fingerprint density at radius 2 is 1.83 bits per heavy atom. The number of amides is 1. The highest BCUT2D eigenvalue weighted by atomic mass is 32.1. The van der Waals surface area contributed by atoms with E-state index >= 15 is 0 Å². The fraction of sp³-hybridized carbons (Fsp3) is 0.238. The van der Waals surface area contributed by atoms with Crippen molar-refractivity contribution in [1.29, 1.82) is 0 Å². The summed E-state index contributed by atoms with van der Waals surface area (Å²) in [6, 6.07) is 11.5. The number of aromatic nitrogens is 1. The minimum atomic E-state index is -4.49. The van der Waals surface area contributed by atoms with Crippen LogP contribution in [0.4, 0.5) is 24.0 Å². The maximum atomic E-state index is 12.9. The van der Waals surface area contributed by atoms with E-state index in [1.807, 2.05) is 11.4 Å². The van der Waals surface area contributed by atoms with Crippen LogP contribution in [-0.2, 0) is 6.18 Å². The predicted molar refractivity (Wildman–Crippen MR) is 108 cm³/mol. The molecular weight excluding hydrogens is 399 g/mol. The van der Waals surface area contributed by atoms with Gasteiger partial charge in [0, 0.05) is 35.3 Å². The second-order valence-electron chi connectivity index (χ2n) is 6.82. The predicted octanol–water partition coefficient (Wildman–Crippen LogP) is 5.68. The normalized spacial score (nSPS) is 14.2. The monoisotopic (exact) mass is 417 g/mol. The van der Waals surface area contributed by atoms with Gasteiger partial charge >= 0.3 is 6.18 Å². The van der Waals surface area contributed by atoms with Gasteiger partial charge < -0.3 is 10.2 Å². The van der Waals surface area contributed by atoms with Crippen molar-refractivity contribution in [3.8, 4) is 11.3 Å². The molecule has 0 aliphatic carbocycles. The van der Waals surface area contributed by atoms with Crippen LogP contribution in [0.2, 0.25) is 0 Å². The van der Waals surface area contributed by atoms with Gasteiger partial charge in [0.1, 0.15) is 0 Å².